The molecule has 27 heavy (non-hydrogen) atoms. The summed E-state index contributed by atoms with van der Waals surface area (Å²) in [4.78, 5) is 24.3. The van der Waals surface area contributed by atoms with Crippen LogP contribution in [0.1, 0.15) is 31.0 Å². The molecular formula is C19H21ClN2O4S. The molecule has 0 heterocycles. The zero-order valence-corrected chi connectivity index (χ0v) is 16.8. The van der Waals surface area contributed by atoms with Crippen LogP contribution in [0.5, 0.6) is 0 Å². The Morgan fingerprint density at radius 1 is 1.07 bits per heavy atom. The van der Waals surface area contributed by atoms with Gasteiger partial charge >= 0.3 is 11.8 Å². The molecule has 144 valence electrons. The van der Waals surface area contributed by atoms with Crippen molar-refractivity contribution < 1.29 is 18.0 Å². The number of aryl methyl sites for hydroxylation is 1. The van der Waals surface area contributed by atoms with E-state index >= 15 is 0 Å². The summed E-state index contributed by atoms with van der Waals surface area (Å²) >= 11 is 5.98. The first-order chi connectivity index (χ1) is 12.6. The highest BCUT2D eigenvalue weighted by molar-refractivity contribution is 7.90. The average molecular weight is 409 g/mol. The van der Waals surface area contributed by atoms with Gasteiger partial charge in [0.1, 0.15) is 0 Å². The van der Waals surface area contributed by atoms with E-state index in [1.54, 1.807) is 6.92 Å². The van der Waals surface area contributed by atoms with Gasteiger partial charge in [0.15, 0.2) is 9.84 Å². The van der Waals surface area contributed by atoms with Crippen LogP contribution in [0.25, 0.3) is 0 Å². The fourth-order valence-corrected chi connectivity index (χ4v) is 3.21. The van der Waals surface area contributed by atoms with Crippen LogP contribution in [0.15, 0.2) is 47.4 Å². The van der Waals surface area contributed by atoms with Crippen LogP contribution in [0.2, 0.25) is 5.02 Å². The van der Waals surface area contributed by atoms with Crippen molar-refractivity contribution in [1.29, 1.82) is 0 Å². The highest BCUT2D eigenvalue weighted by Crippen LogP contribution is 2.25. The Balaban J connectivity index is 2.08. The lowest BCUT2D eigenvalue weighted by molar-refractivity contribution is -0.136. The molecule has 0 unspecified atom stereocenters. The summed E-state index contributed by atoms with van der Waals surface area (Å²) in [5.74, 6) is -1.78. The molecule has 1 atom stereocenters. The molecule has 0 aliphatic rings. The number of benzene rings is 2. The number of anilines is 1. The van der Waals surface area contributed by atoms with E-state index in [2.05, 4.69) is 17.6 Å². The number of amides is 2. The Morgan fingerprint density at radius 2 is 1.70 bits per heavy atom. The minimum Gasteiger partial charge on any atom is -0.341 e. The first-order valence-electron chi connectivity index (χ1n) is 8.32. The lowest BCUT2D eigenvalue weighted by Gasteiger charge is -2.15. The predicted molar refractivity (Wildman–Crippen MR) is 106 cm³/mol. The topological polar surface area (TPSA) is 92.3 Å². The maximum atomic E-state index is 12.2. The van der Waals surface area contributed by atoms with Crippen LogP contribution in [0.3, 0.4) is 0 Å². The van der Waals surface area contributed by atoms with E-state index in [1.807, 2.05) is 24.3 Å². The van der Waals surface area contributed by atoms with Gasteiger partial charge in [0.25, 0.3) is 0 Å². The third kappa shape index (κ3) is 5.55. The third-order valence-electron chi connectivity index (χ3n) is 4.06. The number of hydrogen-bond acceptors (Lipinski definition) is 4. The molecule has 8 heteroatoms. The number of rotatable bonds is 5. The van der Waals surface area contributed by atoms with Gasteiger partial charge in [-0.15, -0.1) is 0 Å². The van der Waals surface area contributed by atoms with E-state index < -0.39 is 21.7 Å². The van der Waals surface area contributed by atoms with Crippen molar-refractivity contribution in [2.45, 2.75) is 31.2 Å². The van der Waals surface area contributed by atoms with Crippen LogP contribution < -0.4 is 10.6 Å². The van der Waals surface area contributed by atoms with Crippen LogP contribution in [-0.2, 0) is 25.8 Å². The Labute approximate surface area is 163 Å². The summed E-state index contributed by atoms with van der Waals surface area (Å²) in [5, 5.41) is 5.09. The van der Waals surface area contributed by atoms with E-state index in [9.17, 15) is 18.0 Å². The van der Waals surface area contributed by atoms with Crippen LogP contribution in [0.4, 0.5) is 5.69 Å². The van der Waals surface area contributed by atoms with Gasteiger partial charge in [0.05, 0.1) is 21.6 Å². The van der Waals surface area contributed by atoms with Crippen molar-refractivity contribution in [1.82, 2.24) is 5.32 Å². The van der Waals surface area contributed by atoms with Crippen molar-refractivity contribution in [3.8, 4) is 0 Å². The second kappa shape index (κ2) is 8.54. The number of sulfone groups is 1. The predicted octanol–water partition coefficient (Wildman–Crippen LogP) is 3.12. The zero-order valence-electron chi connectivity index (χ0n) is 15.2. The third-order valence-corrected chi connectivity index (χ3v) is 5.50. The Hall–Kier alpha value is -2.38. The maximum Gasteiger partial charge on any atom is 0.313 e. The standard InChI is InChI=1S/C19H21ClN2O4S/c1-4-13-5-7-14(8-6-13)12(2)21-18(23)19(24)22-17-11-15(27(3,25)26)9-10-16(17)20/h5-12H,4H2,1-3H3,(H,21,23)(H,22,24)/t12-/m1/s1. The number of hydrogen-bond donors (Lipinski definition) is 2. The van der Waals surface area contributed by atoms with Crippen molar-refractivity contribution in [2.75, 3.05) is 11.6 Å². The average Bonchev–Trinajstić information content (AvgIpc) is 2.62. The fraction of sp³-hybridized carbons (Fsp3) is 0.263. The van der Waals surface area contributed by atoms with Gasteiger partial charge < -0.3 is 10.6 Å². The lowest BCUT2D eigenvalue weighted by Crippen LogP contribution is -2.37. The summed E-state index contributed by atoms with van der Waals surface area (Å²) in [7, 11) is -3.47. The Bertz CT molecular complexity index is 956. The van der Waals surface area contributed by atoms with Crippen molar-refractivity contribution >= 4 is 38.9 Å². The normalized spacial score (nSPS) is 12.3. The number of carbonyl (C=O) groups excluding carboxylic acids is 2. The molecule has 0 aliphatic heterocycles. The minimum atomic E-state index is -3.47. The quantitative estimate of drug-likeness (QED) is 0.743. The second-order valence-electron chi connectivity index (χ2n) is 6.16. The molecule has 0 saturated carbocycles. The van der Waals surface area contributed by atoms with E-state index in [0.29, 0.717) is 0 Å². The maximum absolute atomic E-state index is 12.2. The molecule has 2 N–H and O–H groups in total. The second-order valence-corrected chi connectivity index (χ2v) is 8.58. The molecule has 2 aromatic carbocycles. The van der Waals surface area contributed by atoms with Crippen molar-refractivity contribution in [3.63, 3.8) is 0 Å². The van der Waals surface area contributed by atoms with Gasteiger partial charge in [-0.05, 0) is 42.7 Å². The fourth-order valence-electron chi connectivity index (χ4n) is 2.40. The summed E-state index contributed by atoms with van der Waals surface area (Å²) in [6.07, 6.45) is 1.96. The Morgan fingerprint density at radius 3 is 2.26 bits per heavy atom. The van der Waals surface area contributed by atoms with Gasteiger partial charge in [-0.2, -0.15) is 0 Å². The SMILES string of the molecule is CCc1ccc([C@@H](C)NC(=O)C(=O)Nc2cc(S(C)(=O)=O)ccc2Cl)cc1. The summed E-state index contributed by atoms with van der Waals surface area (Å²) in [6.45, 7) is 3.82. The minimum absolute atomic E-state index is 0.00742. The largest absolute Gasteiger partial charge is 0.341 e. The van der Waals surface area contributed by atoms with E-state index in [1.165, 1.54) is 23.8 Å². The molecule has 2 rings (SSSR count). The molecule has 0 spiro atoms. The van der Waals surface area contributed by atoms with Gasteiger partial charge in [-0.3, -0.25) is 9.59 Å². The van der Waals surface area contributed by atoms with E-state index in [4.69, 9.17) is 11.6 Å². The monoisotopic (exact) mass is 408 g/mol. The zero-order chi connectivity index (χ0) is 20.2. The lowest BCUT2D eigenvalue weighted by atomic mass is 10.1. The van der Waals surface area contributed by atoms with Crippen molar-refractivity contribution in [2.24, 2.45) is 0 Å². The van der Waals surface area contributed by atoms with Gasteiger partial charge in [-0.1, -0.05) is 42.8 Å². The summed E-state index contributed by atoms with van der Waals surface area (Å²) in [5.41, 5.74) is 2.10. The number of carbonyl (C=O) groups is 2. The van der Waals surface area contributed by atoms with E-state index in [0.717, 1.165) is 18.2 Å². The molecule has 6 nitrogen and oxygen atoms in total. The number of halogens is 1. The highest BCUT2D eigenvalue weighted by Gasteiger charge is 2.19. The molecule has 0 saturated heterocycles. The molecule has 0 radical (unpaired) electrons. The molecule has 0 aromatic heterocycles. The van der Waals surface area contributed by atoms with Crippen LogP contribution in [0, 0.1) is 0 Å². The molecule has 0 bridgehead atoms. The molecule has 0 aliphatic carbocycles. The van der Waals surface area contributed by atoms with Crippen molar-refractivity contribution in [3.05, 3.63) is 58.6 Å². The molecule has 0 fully saturated rings. The molecule has 2 amide bonds. The molecule has 2 aromatic rings. The van der Waals surface area contributed by atoms with Gasteiger partial charge in [-0.25, -0.2) is 8.42 Å². The van der Waals surface area contributed by atoms with Crippen LogP contribution >= 0.6 is 11.6 Å². The van der Waals surface area contributed by atoms with Gasteiger partial charge in [0.2, 0.25) is 0 Å². The first-order valence-corrected chi connectivity index (χ1v) is 10.6. The molecular weight excluding hydrogens is 388 g/mol. The summed E-state index contributed by atoms with van der Waals surface area (Å²) < 4.78 is 23.3. The number of nitrogens with one attached hydrogen (secondary N) is 2. The smallest absolute Gasteiger partial charge is 0.313 e. The highest BCUT2D eigenvalue weighted by atomic mass is 35.5. The van der Waals surface area contributed by atoms with E-state index in [-0.39, 0.29) is 21.6 Å². The van der Waals surface area contributed by atoms with Gasteiger partial charge in [0, 0.05) is 6.26 Å². The first kappa shape index (κ1) is 20.9. The van der Waals surface area contributed by atoms with Crippen LogP contribution in [-0.4, -0.2) is 26.5 Å². The summed E-state index contributed by atoms with van der Waals surface area (Å²) in [6, 6.07) is 11.3. The Kier molecular flexibility index (Phi) is 6.62.